The molecule has 3 aromatic carbocycles. The van der Waals surface area contributed by atoms with E-state index in [-0.39, 0.29) is 16.4 Å². The fourth-order valence-electron chi connectivity index (χ4n) is 3.12. The largest absolute Gasteiger partial charge is 0.494 e. The summed E-state index contributed by atoms with van der Waals surface area (Å²) in [6.45, 7) is 2.44. The Hall–Kier alpha value is -3.23. The molecule has 6 nitrogen and oxygen atoms in total. The molecule has 0 radical (unpaired) electrons. The number of nitrogens with zero attached hydrogens (tertiary/aromatic N) is 2. The molecule has 0 atom stereocenters. The number of amides is 1. The molecule has 0 aliphatic heterocycles. The van der Waals surface area contributed by atoms with Crippen LogP contribution in [0.4, 0.5) is 10.8 Å². The number of carbonyl (C=O) groups is 1. The molecule has 0 fully saturated rings. The molecular weight excluding hydrogens is 432 g/mol. The van der Waals surface area contributed by atoms with Crippen molar-refractivity contribution in [3.8, 4) is 5.75 Å². The Morgan fingerprint density at radius 3 is 2.45 bits per heavy atom. The van der Waals surface area contributed by atoms with Crippen LogP contribution in [0.1, 0.15) is 17.3 Å². The zero-order valence-electron chi connectivity index (χ0n) is 17.0. The lowest BCUT2D eigenvalue weighted by Crippen LogP contribution is -2.26. The van der Waals surface area contributed by atoms with Crippen LogP contribution >= 0.6 is 11.3 Å². The van der Waals surface area contributed by atoms with Crippen molar-refractivity contribution < 1.29 is 17.9 Å². The number of para-hydroxylation sites is 1. The van der Waals surface area contributed by atoms with Crippen LogP contribution in [0.15, 0.2) is 77.7 Å². The number of hydrogen-bond acceptors (Lipinski definition) is 6. The Kier molecular flexibility index (Phi) is 5.75. The maximum Gasteiger partial charge on any atom is 0.264 e. The molecule has 158 valence electrons. The van der Waals surface area contributed by atoms with Gasteiger partial charge in [-0.05, 0) is 61.5 Å². The van der Waals surface area contributed by atoms with Crippen molar-refractivity contribution in [3.05, 3.63) is 78.4 Å². The lowest BCUT2D eigenvalue weighted by atomic mass is 10.2. The summed E-state index contributed by atoms with van der Waals surface area (Å²) in [7, 11) is -3.45. The van der Waals surface area contributed by atoms with Crippen LogP contribution in [0.2, 0.25) is 0 Å². The highest BCUT2D eigenvalue weighted by molar-refractivity contribution is 7.90. The number of thiazole rings is 1. The van der Waals surface area contributed by atoms with Gasteiger partial charge in [0.1, 0.15) is 5.75 Å². The Morgan fingerprint density at radius 1 is 1.03 bits per heavy atom. The summed E-state index contributed by atoms with van der Waals surface area (Å²) in [5, 5.41) is 0.500. The van der Waals surface area contributed by atoms with Crippen LogP contribution in [0, 0.1) is 0 Å². The van der Waals surface area contributed by atoms with Gasteiger partial charge < -0.3 is 4.74 Å². The second kappa shape index (κ2) is 8.49. The lowest BCUT2D eigenvalue weighted by Gasteiger charge is -2.20. The summed E-state index contributed by atoms with van der Waals surface area (Å²) in [5.74, 6) is 0.329. The van der Waals surface area contributed by atoms with Gasteiger partial charge in [0.15, 0.2) is 15.0 Å². The standard InChI is InChI=1S/C23H20N2O4S2/c1-3-29-18-13-11-17(12-14-18)25(23-24-20-9-4-5-10-21(20)30-23)22(26)16-7-6-8-19(15-16)31(2,27)28/h4-15H,3H2,1-2H3. The topological polar surface area (TPSA) is 76.6 Å². The second-order valence-electron chi connectivity index (χ2n) is 6.83. The number of benzene rings is 3. The Morgan fingerprint density at radius 2 is 1.77 bits per heavy atom. The van der Waals surface area contributed by atoms with Gasteiger partial charge in [-0.2, -0.15) is 0 Å². The number of carbonyl (C=O) groups excluding carboxylic acids is 1. The van der Waals surface area contributed by atoms with E-state index in [4.69, 9.17) is 4.74 Å². The van der Waals surface area contributed by atoms with E-state index >= 15 is 0 Å². The van der Waals surface area contributed by atoms with E-state index in [1.165, 1.54) is 28.4 Å². The summed E-state index contributed by atoms with van der Waals surface area (Å²) >= 11 is 1.39. The van der Waals surface area contributed by atoms with Crippen molar-refractivity contribution in [3.63, 3.8) is 0 Å². The van der Waals surface area contributed by atoms with Gasteiger partial charge in [0.05, 0.1) is 27.4 Å². The van der Waals surface area contributed by atoms with Crippen LogP contribution in [0.5, 0.6) is 5.75 Å². The van der Waals surface area contributed by atoms with E-state index in [0.717, 1.165) is 16.5 Å². The lowest BCUT2D eigenvalue weighted by molar-refractivity contribution is 0.0999. The van der Waals surface area contributed by atoms with Crippen LogP contribution in [-0.2, 0) is 9.84 Å². The average Bonchev–Trinajstić information content (AvgIpc) is 3.18. The summed E-state index contributed by atoms with van der Waals surface area (Å²) in [6.07, 6.45) is 1.12. The zero-order valence-corrected chi connectivity index (χ0v) is 18.6. The summed E-state index contributed by atoms with van der Waals surface area (Å²) in [4.78, 5) is 19.8. The molecule has 4 rings (SSSR count). The van der Waals surface area contributed by atoms with Crippen LogP contribution < -0.4 is 9.64 Å². The van der Waals surface area contributed by atoms with Crippen molar-refractivity contribution in [2.45, 2.75) is 11.8 Å². The highest BCUT2D eigenvalue weighted by Crippen LogP contribution is 2.35. The third kappa shape index (κ3) is 4.45. The molecule has 8 heteroatoms. The molecule has 0 bridgehead atoms. The van der Waals surface area contributed by atoms with Crippen molar-refractivity contribution in [2.24, 2.45) is 0 Å². The summed E-state index contributed by atoms with van der Waals surface area (Å²) in [6, 6.07) is 20.8. The van der Waals surface area contributed by atoms with E-state index in [0.29, 0.717) is 23.2 Å². The molecule has 0 spiro atoms. The number of rotatable bonds is 6. The molecular formula is C23H20N2O4S2. The normalized spacial score (nSPS) is 11.4. The Bertz CT molecular complexity index is 1310. The van der Waals surface area contributed by atoms with Gasteiger partial charge in [-0.1, -0.05) is 29.5 Å². The highest BCUT2D eigenvalue weighted by Gasteiger charge is 2.24. The van der Waals surface area contributed by atoms with E-state index in [2.05, 4.69) is 4.98 Å². The van der Waals surface area contributed by atoms with E-state index in [1.807, 2.05) is 31.2 Å². The molecule has 1 aromatic heterocycles. The van der Waals surface area contributed by atoms with Gasteiger partial charge >= 0.3 is 0 Å². The molecule has 1 amide bonds. The molecule has 4 aromatic rings. The summed E-state index contributed by atoms with van der Waals surface area (Å²) < 4.78 is 30.4. The zero-order chi connectivity index (χ0) is 22.0. The Balaban J connectivity index is 1.83. The van der Waals surface area contributed by atoms with Crippen molar-refractivity contribution in [1.82, 2.24) is 4.98 Å². The van der Waals surface area contributed by atoms with Crippen molar-refractivity contribution in [1.29, 1.82) is 0 Å². The van der Waals surface area contributed by atoms with Crippen molar-refractivity contribution in [2.75, 3.05) is 17.8 Å². The van der Waals surface area contributed by atoms with Gasteiger partial charge in [-0.3, -0.25) is 9.69 Å². The number of fused-ring (bicyclic) bond motifs is 1. The quantitative estimate of drug-likeness (QED) is 0.408. The first kappa shape index (κ1) is 21.0. The molecule has 0 saturated heterocycles. The molecule has 0 aliphatic carbocycles. The fraction of sp³-hybridized carbons (Fsp3) is 0.130. The maximum atomic E-state index is 13.6. The van der Waals surface area contributed by atoms with Gasteiger partial charge in [-0.25, -0.2) is 13.4 Å². The second-order valence-corrected chi connectivity index (χ2v) is 9.86. The predicted molar refractivity (Wildman–Crippen MR) is 123 cm³/mol. The minimum Gasteiger partial charge on any atom is -0.494 e. The molecule has 0 N–H and O–H groups in total. The monoisotopic (exact) mass is 452 g/mol. The van der Waals surface area contributed by atoms with Gasteiger partial charge in [0.25, 0.3) is 5.91 Å². The minimum absolute atomic E-state index is 0.0919. The third-order valence-corrected chi connectivity index (χ3v) is 6.72. The van der Waals surface area contributed by atoms with Crippen molar-refractivity contribution >= 4 is 48.1 Å². The Labute approximate surface area is 184 Å². The average molecular weight is 453 g/mol. The van der Waals surface area contributed by atoms with E-state index < -0.39 is 9.84 Å². The number of aromatic nitrogens is 1. The smallest absolute Gasteiger partial charge is 0.264 e. The molecule has 0 unspecified atom stereocenters. The molecule has 0 saturated carbocycles. The molecule has 1 heterocycles. The third-order valence-electron chi connectivity index (χ3n) is 4.59. The number of anilines is 2. The number of ether oxygens (including phenoxy) is 1. The van der Waals surface area contributed by atoms with E-state index in [1.54, 1.807) is 36.4 Å². The number of sulfone groups is 1. The first-order valence-electron chi connectivity index (χ1n) is 9.60. The minimum atomic E-state index is -3.45. The molecule has 31 heavy (non-hydrogen) atoms. The van der Waals surface area contributed by atoms with Crippen LogP contribution in [0.3, 0.4) is 0 Å². The first-order chi connectivity index (χ1) is 14.9. The summed E-state index contributed by atoms with van der Waals surface area (Å²) in [5.41, 5.74) is 1.66. The van der Waals surface area contributed by atoms with Crippen LogP contribution in [0.25, 0.3) is 10.2 Å². The van der Waals surface area contributed by atoms with Gasteiger partial charge in [0, 0.05) is 11.8 Å². The predicted octanol–water partition coefficient (Wildman–Crippen LogP) is 5.08. The maximum absolute atomic E-state index is 13.6. The first-order valence-corrected chi connectivity index (χ1v) is 12.3. The SMILES string of the molecule is CCOc1ccc(N(C(=O)c2cccc(S(C)(=O)=O)c2)c2nc3ccccc3s2)cc1. The van der Waals surface area contributed by atoms with Gasteiger partial charge in [0.2, 0.25) is 0 Å². The molecule has 0 aliphatic rings. The highest BCUT2D eigenvalue weighted by atomic mass is 32.2. The van der Waals surface area contributed by atoms with Gasteiger partial charge in [-0.15, -0.1) is 0 Å². The van der Waals surface area contributed by atoms with Crippen LogP contribution in [-0.4, -0.2) is 32.2 Å². The fourth-order valence-corrected chi connectivity index (χ4v) is 4.77. The number of hydrogen-bond donors (Lipinski definition) is 0. The van der Waals surface area contributed by atoms with E-state index in [9.17, 15) is 13.2 Å².